The first-order valence-corrected chi connectivity index (χ1v) is 10.2. The first-order valence-electron chi connectivity index (χ1n) is 10.2. The highest BCUT2D eigenvalue weighted by molar-refractivity contribution is 14.0. The van der Waals surface area contributed by atoms with Crippen molar-refractivity contribution in [1.29, 1.82) is 0 Å². The number of aliphatic imine (C=N–C) groups is 1. The van der Waals surface area contributed by atoms with Crippen LogP contribution in [0.5, 0.6) is 5.75 Å². The third-order valence-electron chi connectivity index (χ3n) is 5.65. The average Bonchev–Trinajstić information content (AvgIpc) is 2.70. The topological polar surface area (TPSA) is 40.1 Å². The second-order valence-corrected chi connectivity index (χ2v) is 7.32. The maximum Gasteiger partial charge on any atom is 0.193 e. The summed E-state index contributed by atoms with van der Waals surface area (Å²) in [6.07, 6.45) is 6.38. The molecule has 3 rings (SSSR count). The van der Waals surface area contributed by atoms with Crippen molar-refractivity contribution in [3.8, 4) is 5.75 Å². The minimum Gasteiger partial charge on any atom is -0.490 e. The van der Waals surface area contributed by atoms with E-state index in [2.05, 4.69) is 27.0 Å². The molecule has 0 bridgehead atoms. The molecule has 2 aliphatic rings. The van der Waals surface area contributed by atoms with Gasteiger partial charge in [0.15, 0.2) is 5.96 Å². The first kappa shape index (κ1) is 22.3. The van der Waals surface area contributed by atoms with Crippen molar-refractivity contribution < 1.29 is 4.74 Å². The third-order valence-corrected chi connectivity index (χ3v) is 5.65. The molecule has 1 aromatic carbocycles. The fraction of sp³-hybridized carbons (Fsp3) is 0.667. The van der Waals surface area contributed by atoms with Crippen molar-refractivity contribution in [2.24, 2.45) is 4.99 Å². The molecule has 0 saturated carbocycles. The van der Waals surface area contributed by atoms with Crippen LogP contribution in [0.2, 0.25) is 0 Å². The summed E-state index contributed by atoms with van der Waals surface area (Å²) >= 11 is 0. The molecule has 1 atom stereocenters. The van der Waals surface area contributed by atoms with Crippen molar-refractivity contribution in [2.45, 2.75) is 51.2 Å². The number of hydrogen-bond acceptors (Lipinski definition) is 3. The van der Waals surface area contributed by atoms with E-state index in [-0.39, 0.29) is 24.0 Å². The van der Waals surface area contributed by atoms with E-state index in [0.29, 0.717) is 12.1 Å². The monoisotopic (exact) mass is 486 g/mol. The molecule has 2 aliphatic heterocycles. The van der Waals surface area contributed by atoms with Crippen LogP contribution in [-0.4, -0.2) is 67.7 Å². The number of benzene rings is 1. The maximum absolute atomic E-state index is 6.11. The number of likely N-dealkylation sites (N-methyl/N-ethyl adjacent to an activating group) is 1. The summed E-state index contributed by atoms with van der Waals surface area (Å²) in [5.74, 6) is 2.02. The predicted molar refractivity (Wildman–Crippen MR) is 123 cm³/mol. The fourth-order valence-electron chi connectivity index (χ4n) is 4.13. The molecule has 6 heteroatoms. The molecule has 0 aliphatic carbocycles. The third kappa shape index (κ3) is 6.52. The summed E-state index contributed by atoms with van der Waals surface area (Å²) in [6.45, 7) is 7.65. The zero-order chi connectivity index (χ0) is 18.2. The molecule has 1 N–H and O–H groups in total. The van der Waals surface area contributed by atoms with Gasteiger partial charge in [-0.1, -0.05) is 31.5 Å². The van der Waals surface area contributed by atoms with Crippen LogP contribution in [-0.2, 0) is 0 Å². The van der Waals surface area contributed by atoms with Crippen LogP contribution in [0.25, 0.3) is 0 Å². The van der Waals surface area contributed by atoms with Crippen molar-refractivity contribution in [3.05, 3.63) is 30.3 Å². The minimum atomic E-state index is 0. The molecule has 2 heterocycles. The number of guanidine groups is 1. The van der Waals surface area contributed by atoms with Gasteiger partial charge in [-0.25, -0.2) is 0 Å². The van der Waals surface area contributed by atoms with E-state index in [1.54, 1.807) is 0 Å². The zero-order valence-corrected chi connectivity index (χ0v) is 19.1. The van der Waals surface area contributed by atoms with Gasteiger partial charge in [-0.05, 0) is 38.1 Å². The molecular formula is C21H35IN4O. The molecule has 1 unspecified atom stereocenters. The molecule has 27 heavy (non-hydrogen) atoms. The summed E-state index contributed by atoms with van der Waals surface area (Å²) in [4.78, 5) is 9.51. The largest absolute Gasteiger partial charge is 0.490 e. The van der Waals surface area contributed by atoms with Gasteiger partial charge in [0.1, 0.15) is 11.9 Å². The summed E-state index contributed by atoms with van der Waals surface area (Å²) in [6, 6.07) is 10.8. The number of para-hydroxylation sites is 1. The van der Waals surface area contributed by atoms with Crippen LogP contribution in [0.4, 0.5) is 0 Å². The summed E-state index contributed by atoms with van der Waals surface area (Å²) in [5, 5.41) is 3.63. The number of nitrogens with one attached hydrogen (secondary N) is 1. The van der Waals surface area contributed by atoms with Gasteiger partial charge in [-0.15, -0.1) is 24.0 Å². The first-order chi connectivity index (χ1) is 12.8. The van der Waals surface area contributed by atoms with E-state index in [1.807, 2.05) is 37.4 Å². The lowest BCUT2D eigenvalue weighted by atomic mass is 10.0. The van der Waals surface area contributed by atoms with Gasteiger partial charge in [-0.2, -0.15) is 0 Å². The van der Waals surface area contributed by atoms with Crippen LogP contribution < -0.4 is 10.1 Å². The number of piperidine rings is 2. The Morgan fingerprint density at radius 3 is 2.52 bits per heavy atom. The lowest BCUT2D eigenvalue weighted by Gasteiger charge is -2.37. The fourth-order valence-corrected chi connectivity index (χ4v) is 4.13. The molecule has 5 nitrogen and oxygen atoms in total. The smallest absolute Gasteiger partial charge is 0.193 e. The second kappa shape index (κ2) is 11.7. The summed E-state index contributed by atoms with van der Waals surface area (Å²) in [7, 11) is 1.90. The van der Waals surface area contributed by atoms with Gasteiger partial charge >= 0.3 is 0 Å². The predicted octanol–water partition coefficient (Wildman–Crippen LogP) is 3.60. The number of ether oxygens (including phenoxy) is 1. The van der Waals surface area contributed by atoms with Gasteiger partial charge in [0.25, 0.3) is 0 Å². The van der Waals surface area contributed by atoms with Crippen LogP contribution in [0.3, 0.4) is 0 Å². The molecule has 152 valence electrons. The van der Waals surface area contributed by atoms with Gasteiger partial charge in [0.2, 0.25) is 0 Å². The number of halogens is 1. The quantitative estimate of drug-likeness (QED) is 0.393. The van der Waals surface area contributed by atoms with Gasteiger partial charge in [0.05, 0.1) is 0 Å². The van der Waals surface area contributed by atoms with Gasteiger partial charge < -0.3 is 15.0 Å². The van der Waals surface area contributed by atoms with Crippen LogP contribution in [0.1, 0.15) is 39.0 Å². The van der Waals surface area contributed by atoms with Crippen molar-refractivity contribution in [2.75, 3.05) is 39.8 Å². The Kier molecular flexibility index (Phi) is 9.68. The zero-order valence-electron chi connectivity index (χ0n) is 16.8. The highest BCUT2D eigenvalue weighted by Crippen LogP contribution is 2.19. The number of likely N-dealkylation sites (tertiary alicyclic amines) is 2. The number of rotatable bonds is 5. The SMILES string of the molecule is CCN1CCCCC1CNC(=NC)N1CCC(Oc2ccccc2)CC1.I. The normalized spacial score (nSPS) is 22.2. The van der Waals surface area contributed by atoms with E-state index >= 15 is 0 Å². The van der Waals surface area contributed by atoms with Gasteiger partial charge in [-0.3, -0.25) is 9.89 Å². The molecule has 2 saturated heterocycles. The highest BCUT2D eigenvalue weighted by atomic mass is 127. The van der Waals surface area contributed by atoms with Gasteiger partial charge in [0, 0.05) is 45.6 Å². The summed E-state index contributed by atoms with van der Waals surface area (Å²) in [5.41, 5.74) is 0. The van der Waals surface area contributed by atoms with Crippen LogP contribution in [0.15, 0.2) is 35.3 Å². The average molecular weight is 486 g/mol. The molecule has 1 aromatic rings. The molecular weight excluding hydrogens is 451 g/mol. The van der Waals surface area contributed by atoms with Crippen molar-refractivity contribution >= 4 is 29.9 Å². The van der Waals surface area contributed by atoms with E-state index in [4.69, 9.17) is 4.74 Å². The number of hydrogen-bond donors (Lipinski definition) is 1. The Hall–Kier alpha value is -1.02. The molecule has 0 amide bonds. The van der Waals surface area contributed by atoms with E-state index in [1.165, 1.54) is 25.8 Å². The molecule has 0 aromatic heterocycles. The Morgan fingerprint density at radius 2 is 1.85 bits per heavy atom. The molecule has 2 fully saturated rings. The standard InChI is InChI=1S/C21H34N4O.HI/c1-3-24-14-8-7-9-18(24)17-23-21(22-2)25-15-12-20(13-16-25)26-19-10-5-4-6-11-19;/h4-6,10-11,18,20H,3,7-9,12-17H2,1-2H3,(H,22,23);1H. The second-order valence-electron chi connectivity index (χ2n) is 7.32. The van der Waals surface area contributed by atoms with Crippen molar-refractivity contribution in [1.82, 2.24) is 15.1 Å². The Balaban J connectivity index is 0.00000261. The van der Waals surface area contributed by atoms with E-state index in [9.17, 15) is 0 Å². The Morgan fingerprint density at radius 1 is 1.11 bits per heavy atom. The molecule has 0 radical (unpaired) electrons. The lowest BCUT2D eigenvalue weighted by Crippen LogP contribution is -2.52. The van der Waals surface area contributed by atoms with Crippen LogP contribution >= 0.6 is 24.0 Å². The van der Waals surface area contributed by atoms with E-state index in [0.717, 1.165) is 50.7 Å². The van der Waals surface area contributed by atoms with Crippen LogP contribution in [0, 0.1) is 0 Å². The summed E-state index contributed by atoms with van der Waals surface area (Å²) < 4.78 is 6.11. The number of nitrogens with zero attached hydrogens (tertiary/aromatic N) is 3. The Bertz CT molecular complexity index is 561. The molecule has 0 spiro atoms. The van der Waals surface area contributed by atoms with Crippen molar-refractivity contribution in [3.63, 3.8) is 0 Å². The van der Waals surface area contributed by atoms with E-state index < -0.39 is 0 Å². The highest BCUT2D eigenvalue weighted by Gasteiger charge is 2.25. The lowest BCUT2D eigenvalue weighted by molar-refractivity contribution is 0.127. The Labute approximate surface area is 181 Å². The minimum absolute atomic E-state index is 0. The maximum atomic E-state index is 6.11.